The van der Waals surface area contributed by atoms with Gasteiger partial charge in [-0.1, -0.05) is 6.07 Å². The highest BCUT2D eigenvalue weighted by molar-refractivity contribution is 5.42. The monoisotopic (exact) mass is 421 g/mol. The third-order valence-electron chi connectivity index (χ3n) is 6.64. The van der Waals surface area contributed by atoms with Gasteiger partial charge >= 0.3 is 0 Å². The van der Waals surface area contributed by atoms with Gasteiger partial charge in [0.15, 0.2) is 0 Å². The van der Waals surface area contributed by atoms with Crippen molar-refractivity contribution in [2.24, 2.45) is 0 Å². The minimum Gasteiger partial charge on any atom is -0.374 e. The number of aromatic nitrogens is 5. The van der Waals surface area contributed by atoms with Crippen LogP contribution < -0.4 is 10.2 Å². The SMILES string of the molecule is Cc1nc(N2CCCCC2)ccc1Cn1cc(C(O)N[C@@H]2CCc3c2n[nH]c3C)cn1. The van der Waals surface area contributed by atoms with Crippen LogP contribution in [0.1, 0.15) is 71.7 Å². The maximum atomic E-state index is 10.7. The van der Waals surface area contributed by atoms with E-state index in [1.165, 1.54) is 24.8 Å². The summed E-state index contributed by atoms with van der Waals surface area (Å²) in [6, 6.07) is 4.34. The molecule has 0 aromatic carbocycles. The molecular formula is C23H31N7O. The highest BCUT2D eigenvalue weighted by Gasteiger charge is 2.29. The number of H-pyrrole nitrogens is 1. The van der Waals surface area contributed by atoms with Crippen LogP contribution in [0.5, 0.6) is 0 Å². The highest BCUT2D eigenvalue weighted by Crippen LogP contribution is 2.32. The Morgan fingerprint density at radius 1 is 1.23 bits per heavy atom. The van der Waals surface area contributed by atoms with E-state index >= 15 is 0 Å². The Bertz CT molecular complexity index is 1050. The van der Waals surface area contributed by atoms with Crippen molar-refractivity contribution in [3.63, 3.8) is 0 Å². The summed E-state index contributed by atoms with van der Waals surface area (Å²) in [6.45, 7) is 6.94. The Morgan fingerprint density at radius 3 is 2.87 bits per heavy atom. The smallest absolute Gasteiger partial charge is 0.134 e. The van der Waals surface area contributed by atoms with E-state index in [-0.39, 0.29) is 6.04 Å². The number of aliphatic hydroxyl groups is 1. The number of piperidine rings is 1. The van der Waals surface area contributed by atoms with Gasteiger partial charge in [0.2, 0.25) is 0 Å². The van der Waals surface area contributed by atoms with Gasteiger partial charge < -0.3 is 10.0 Å². The van der Waals surface area contributed by atoms with Crippen LogP contribution in [0, 0.1) is 13.8 Å². The topological polar surface area (TPSA) is 94.9 Å². The molecule has 1 unspecified atom stereocenters. The van der Waals surface area contributed by atoms with Crippen LogP contribution in [-0.2, 0) is 13.0 Å². The Morgan fingerprint density at radius 2 is 2.06 bits per heavy atom. The number of hydrogen-bond acceptors (Lipinski definition) is 6. The summed E-state index contributed by atoms with van der Waals surface area (Å²) < 4.78 is 1.86. The van der Waals surface area contributed by atoms with Gasteiger partial charge in [-0.15, -0.1) is 0 Å². The fourth-order valence-corrected chi connectivity index (χ4v) is 4.77. The van der Waals surface area contributed by atoms with Gasteiger partial charge in [-0.3, -0.25) is 15.1 Å². The van der Waals surface area contributed by atoms with Crippen molar-refractivity contribution >= 4 is 5.82 Å². The second-order valence-electron chi connectivity index (χ2n) is 8.81. The van der Waals surface area contributed by atoms with Crippen molar-refractivity contribution in [1.29, 1.82) is 0 Å². The Kier molecular flexibility index (Phi) is 5.50. The minimum absolute atomic E-state index is 0.0621. The molecule has 3 N–H and O–H groups in total. The van der Waals surface area contributed by atoms with Gasteiger partial charge in [0.1, 0.15) is 12.0 Å². The lowest BCUT2D eigenvalue weighted by Gasteiger charge is -2.28. The molecule has 0 spiro atoms. The number of fused-ring (bicyclic) bond motifs is 1. The molecule has 31 heavy (non-hydrogen) atoms. The van der Waals surface area contributed by atoms with Gasteiger partial charge in [0.25, 0.3) is 0 Å². The second kappa shape index (κ2) is 8.43. The highest BCUT2D eigenvalue weighted by atomic mass is 16.3. The lowest BCUT2D eigenvalue weighted by atomic mass is 10.1. The van der Waals surface area contributed by atoms with Crippen LogP contribution >= 0.6 is 0 Å². The number of anilines is 1. The van der Waals surface area contributed by atoms with Crippen molar-refractivity contribution in [3.8, 4) is 0 Å². The third kappa shape index (κ3) is 4.09. The van der Waals surface area contributed by atoms with Crippen LogP contribution in [0.3, 0.4) is 0 Å². The van der Waals surface area contributed by atoms with Crippen LogP contribution in [-0.4, -0.2) is 43.2 Å². The molecule has 8 heteroatoms. The molecule has 3 aromatic rings. The van der Waals surface area contributed by atoms with Crippen LogP contribution in [0.25, 0.3) is 0 Å². The van der Waals surface area contributed by atoms with Crippen molar-refractivity contribution in [2.45, 2.75) is 64.8 Å². The number of nitrogens with zero attached hydrogens (tertiary/aromatic N) is 5. The molecule has 2 atom stereocenters. The lowest BCUT2D eigenvalue weighted by molar-refractivity contribution is 0.122. The molecule has 1 aliphatic carbocycles. The summed E-state index contributed by atoms with van der Waals surface area (Å²) in [7, 11) is 0. The molecule has 1 fully saturated rings. The zero-order chi connectivity index (χ0) is 21.4. The molecule has 0 bridgehead atoms. The number of aromatic amines is 1. The standard InChI is InChI=1S/C23H31N7O/c1-15-17(6-9-21(25-15)29-10-4-3-5-11-29)13-30-14-18(12-24-30)23(31)26-20-8-7-19-16(2)27-28-22(19)20/h6,9,12,14,20,23,26,31H,3-5,7-8,10-11,13H2,1-2H3,(H,27,28)/t20-,23?/m1/s1. The van der Waals surface area contributed by atoms with Crippen molar-refractivity contribution < 1.29 is 5.11 Å². The van der Waals surface area contributed by atoms with E-state index in [1.54, 1.807) is 6.20 Å². The van der Waals surface area contributed by atoms with Crippen LogP contribution in [0.15, 0.2) is 24.5 Å². The lowest BCUT2D eigenvalue weighted by Crippen LogP contribution is -2.30. The van der Waals surface area contributed by atoms with Crippen molar-refractivity contribution in [3.05, 3.63) is 58.3 Å². The van der Waals surface area contributed by atoms with Crippen molar-refractivity contribution in [2.75, 3.05) is 18.0 Å². The predicted molar refractivity (Wildman–Crippen MR) is 119 cm³/mol. The average Bonchev–Trinajstić information content (AvgIpc) is 3.49. The molecule has 8 nitrogen and oxygen atoms in total. The van der Waals surface area contributed by atoms with Gasteiger partial charge in [-0.2, -0.15) is 10.2 Å². The van der Waals surface area contributed by atoms with E-state index in [1.807, 2.05) is 17.8 Å². The summed E-state index contributed by atoms with van der Waals surface area (Å²) in [5, 5.41) is 25.9. The van der Waals surface area contributed by atoms with E-state index in [0.29, 0.717) is 6.54 Å². The third-order valence-corrected chi connectivity index (χ3v) is 6.64. The van der Waals surface area contributed by atoms with E-state index in [2.05, 4.69) is 44.6 Å². The summed E-state index contributed by atoms with van der Waals surface area (Å²) >= 11 is 0. The Balaban J connectivity index is 1.23. The number of rotatable bonds is 6. The maximum Gasteiger partial charge on any atom is 0.134 e. The Hall–Kier alpha value is -2.71. The van der Waals surface area contributed by atoms with E-state index < -0.39 is 6.23 Å². The van der Waals surface area contributed by atoms with Gasteiger partial charge in [0.05, 0.1) is 24.5 Å². The second-order valence-corrected chi connectivity index (χ2v) is 8.81. The number of aliphatic hydroxyl groups excluding tert-OH is 1. The van der Waals surface area contributed by atoms with Gasteiger partial charge in [0, 0.05) is 36.2 Å². The number of pyridine rings is 1. The summed E-state index contributed by atoms with van der Waals surface area (Å²) in [6.07, 6.45) is 8.61. The van der Waals surface area contributed by atoms with Crippen LogP contribution in [0.4, 0.5) is 5.82 Å². The molecule has 5 rings (SSSR count). The molecule has 3 aromatic heterocycles. The summed E-state index contributed by atoms with van der Waals surface area (Å²) in [5.41, 5.74) is 6.36. The first-order chi connectivity index (χ1) is 15.1. The number of aryl methyl sites for hydroxylation is 2. The molecular weight excluding hydrogens is 390 g/mol. The van der Waals surface area contributed by atoms with Gasteiger partial charge in [-0.05, 0) is 63.1 Å². The molecule has 1 saturated heterocycles. The minimum atomic E-state index is -0.776. The average molecular weight is 422 g/mol. The molecule has 2 aliphatic rings. The molecule has 0 amide bonds. The van der Waals surface area contributed by atoms with E-state index in [0.717, 1.165) is 60.0 Å². The first-order valence-corrected chi connectivity index (χ1v) is 11.3. The number of hydrogen-bond donors (Lipinski definition) is 3. The molecule has 1 aliphatic heterocycles. The first kappa shape index (κ1) is 20.2. The fourth-order valence-electron chi connectivity index (χ4n) is 4.77. The molecule has 0 radical (unpaired) electrons. The zero-order valence-electron chi connectivity index (χ0n) is 18.3. The van der Waals surface area contributed by atoms with E-state index in [9.17, 15) is 5.11 Å². The molecule has 0 saturated carbocycles. The predicted octanol–water partition coefficient (Wildman–Crippen LogP) is 2.92. The van der Waals surface area contributed by atoms with Crippen LogP contribution in [0.2, 0.25) is 0 Å². The fraction of sp³-hybridized carbons (Fsp3) is 0.522. The summed E-state index contributed by atoms with van der Waals surface area (Å²) in [4.78, 5) is 7.22. The molecule has 4 heterocycles. The quantitative estimate of drug-likeness (QED) is 0.530. The first-order valence-electron chi connectivity index (χ1n) is 11.3. The normalized spacial score (nSPS) is 19.6. The maximum absolute atomic E-state index is 10.7. The molecule has 164 valence electrons. The zero-order valence-corrected chi connectivity index (χ0v) is 18.3. The summed E-state index contributed by atoms with van der Waals surface area (Å²) in [5.74, 6) is 1.08. The Labute approximate surface area is 182 Å². The largest absolute Gasteiger partial charge is 0.374 e. The van der Waals surface area contributed by atoms with Crippen molar-refractivity contribution in [1.82, 2.24) is 30.3 Å². The van der Waals surface area contributed by atoms with E-state index in [4.69, 9.17) is 4.98 Å². The van der Waals surface area contributed by atoms with Gasteiger partial charge in [-0.25, -0.2) is 4.98 Å². The number of nitrogens with one attached hydrogen (secondary N) is 2.